The lowest BCUT2D eigenvalue weighted by atomic mass is 9.72. The smallest absolute Gasteiger partial charge is 0.325 e. The Labute approximate surface area is 134 Å². The normalized spacial score (nSPS) is 25.4. The van der Waals surface area contributed by atoms with Crippen molar-refractivity contribution in [1.29, 1.82) is 0 Å². The minimum absolute atomic E-state index is 0.000957. The molecule has 0 bridgehead atoms. The van der Waals surface area contributed by atoms with Crippen molar-refractivity contribution in [3.8, 4) is 0 Å². The molecule has 0 radical (unpaired) electrons. The van der Waals surface area contributed by atoms with E-state index in [0.717, 1.165) is 12.8 Å². The van der Waals surface area contributed by atoms with Crippen LogP contribution in [0, 0.1) is 5.92 Å². The van der Waals surface area contributed by atoms with Crippen molar-refractivity contribution in [1.82, 2.24) is 0 Å². The van der Waals surface area contributed by atoms with Gasteiger partial charge in [0.05, 0.1) is 9.92 Å². The lowest BCUT2D eigenvalue weighted by Gasteiger charge is -2.43. The Bertz CT molecular complexity index is 664. The number of halogens is 2. The van der Waals surface area contributed by atoms with E-state index in [0.29, 0.717) is 0 Å². The maximum atomic E-state index is 12.8. The molecule has 0 heterocycles. The number of hydrogen-bond donors (Lipinski definition) is 1. The van der Waals surface area contributed by atoms with Crippen molar-refractivity contribution in [2.75, 3.05) is 0 Å². The maximum Gasteiger partial charge on any atom is 0.325 e. The number of aliphatic carboxylic acids is 1. The average molecular weight is 351 g/mol. The van der Waals surface area contributed by atoms with E-state index < -0.39 is 20.6 Å². The summed E-state index contributed by atoms with van der Waals surface area (Å²) >= 11 is 11.8. The van der Waals surface area contributed by atoms with Crippen LogP contribution in [0.1, 0.15) is 32.6 Å². The van der Waals surface area contributed by atoms with Crippen molar-refractivity contribution < 1.29 is 18.3 Å². The monoisotopic (exact) mass is 350 g/mol. The molecule has 1 fully saturated rings. The summed E-state index contributed by atoms with van der Waals surface area (Å²) in [6.07, 6.45) is 1.98. The molecule has 0 saturated heterocycles. The van der Waals surface area contributed by atoms with Gasteiger partial charge in [0.25, 0.3) is 0 Å². The summed E-state index contributed by atoms with van der Waals surface area (Å²) in [5.74, 6) is -1.19. The van der Waals surface area contributed by atoms with Crippen molar-refractivity contribution in [3.05, 3.63) is 28.2 Å². The topological polar surface area (TPSA) is 71.4 Å². The Balaban J connectivity index is 2.46. The first-order valence-corrected chi connectivity index (χ1v) is 8.91. The number of sulfone groups is 1. The molecule has 0 amide bonds. The van der Waals surface area contributed by atoms with Crippen LogP contribution >= 0.6 is 23.2 Å². The molecular weight excluding hydrogens is 335 g/mol. The van der Waals surface area contributed by atoms with Gasteiger partial charge in [-0.3, -0.25) is 4.79 Å². The summed E-state index contributed by atoms with van der Waals surface area (Å²) in [6, 6.07) is 4.06. The van der Waals surface area contributed by atoms with Gasteiger partial charge in [0.2, 0.25) is 0 Å². The first kappa shape index (κ1) is 16.6. The van der Waals surface area contributed by atoms with Gasteiger partial charge in [0, 0.05) is 5.02 Å². The van der Waals surface area contributed by atoms with Crippen LogP contribution in [-0.2, 0) is 14.6 Å². The largest absolute Gasteiger partial charge is 0.480 e. The molecule has 116 valence electrons. The highest BCUT2D eigenvalue weighted by molar-refractivity contribution is 7.93. The van der Waals surface area contributed by atoms with Crippen LogP contribution < -0.4 is 0 Å². The number of carbonyl (C=O) groups is 1. The molecule has 1 aliphatic rings. The SMILES string of the molecule is CCCC1CC(C(=O)O)(S(=O)(=O)c2cc(Cl)ccc2Cl)C1. The Morgan fingerprint density at radius 1 is 1.38 bits per heavy atom. The minimum atomic E-state index is -4.08. The van der Waals surface area contributed by atoms with Crippen LogP contribution in [0.4, 0.5) is 0 Å². The van der Waals surface area contributed by atoms with Crippen LogP contribution in [0.5, 0.6) is 0 Å². The molecule has 0 aliphatic heterocycles. The second-order valence-electron chi connectivity index (χ2n) is 5.44. The van der Waals surface area contributed by atoms with E-state index in [1.54, 1.807) is 0 Å². The van der Waals surface area contributed by atoms with Crippen LogP contribution in [0.3, 0.4) is 0 Å². The van der Waals surface area contributed by atoms with E-state index >= 15 is 0 Å². The molecule has 0 spiro atoms. The van der Waals surface area contributed by atoms with Gasteiger partial charge in [-0.1, -0.05) is 43.0 Å². The Hall–Kier alpha value is -0.780. The van der Waals surface area contributed by atoms with Gasteiger partial charge in [-0.25, -0.2) is 8.42 Å². The summed E-state index contributed by atoms with van der Waals surface area (Å²) in [7, 11) is -4.08. The quantitative estimate of drug-likeness (QED) is 0.876. The molecule has 1 aliphatic carbocycles. The van der Waals surface area contributed by atoms with Gasteiger partial charge in [-0.15, -0.1) is 0 Å². The Morgan fingerprint density at radius 2 is 2.00 bits per heavy atom. The van der Waals surface area contributed by atoms with E-state index in [9.17, 15) is 18.3 Å². The average Bonchev–Trinajstić information content (AvgIpc) is 2.35. The highest BCUT2D eigenvalue weighted by Crippen LogP contribution is 2.49. The van der Waals surface area contributed by atoms with Crippen LogP contribution in [-0.4, -0.2) is 24.2 Å². The highest BCUT2D eigenvalue weighted by Gasteiger charge is 2.60. The van der Waals surface area contributed by atoms with E-state index in [4.69, 9.17) is 23.2 Å². The fraction of sp³-hybridized carbons (Fsp3) is 0.500. The molecular formula is C14H16Cl2O4S. The van der Waals surface area contributed by atoms with Crippen molar-refractivity contribution in [2.45, 2.75) is 42.2 Å². The van der Waals surface area contributed by atoms with Crippen LogP contribution in [0.2, 0.25) is 10.0 Å². The molecule has 1 aromatic carbocycles. The second-order valence-corrected chi connectivity index (χ2v) is 8.51. The molecule has 4 nitrogen and oxygen atoms in total. The number of carboxylic acids is 1. The van der Waals surface area contributed by atoms with Crippen molar-refractivity contribution in [2.24, 2.45) is 5.92 Å². The maximum absolute atomic E-state index is 12.8. The highest BCUT2D eigenvalue weighted by atomic mass is 35.5. The lowest BCUT2D eigenvalue weighted by molar-refractivity contribution is -0.144. The van der Waals surface area contributed by atoms with Gasteiger partial charge in [-0.2, -0.15) is 0 Å². The molecule has 1 aromatic rings. The molecule has 7 heteroatoms. The predicted octanol–water partition coefficient (Wildman–Crippen LogP) is 3.80. The van der Waals surface area contributed by atoms with Gasteiger partial charge < -0.3 is 5.11 Å². The van der Waals surface area contributed by atoms with E-state index in [1.165, 1.54) is 18.2 Å². The zero-order chi connectivity index (χ0) is 15.8. The molecule has 2 rings (SSSR count). The van der Waals surface area contributed by atoms with Crippen LogP contribution in [0.15, 0.2) is 23.1 Å². The fourth-order valence-corrected chi connectivity index (χ4v) is 5.71. The summed E-state index contributed by atoms with van der Waals surface area (Å²) in [4.78, 5) is 11.4. The Morgan fingerprint density at radius 3 is 2.52 bits per heavy atom. The third-order valence-electron chi connectivity index (χ3n) is 4.02. The van der Waals surface area contributed by atoms with E-state index in [-0.39, 0.29) is 33.7 Å². The standard InChI is InChI=1S/C14H16Cl2O4S/c1-2-3-9-7-14(8-9,13(17)18)21(19,20)12-6-10(15)4-5-11(12)16/h4-6,9H,2-3,7-8H2,1H3,(H,17,18). The number of benzene rings is 1. The van der Waals surface area contributed by atoms with Crippen molar-refractivity contribution in [3.63, 3.8) is 0 Å². The first-order valence-electron chi connectivity index (χ1n) is 6.67. The minimum Gasteiger partial charge on any atom is -0.480 e. The zero-order valence-electron chi connectivity index (χ0n) is 11.5. The second kappa shape index (κ2) is 5.78. The van der Waals surface area contributed by atoms with Gasteiger partial charge in [-0.05, 0) is 37.0 Å². The molecule has 0 aromatic heterocycles. The number of hydrogen-bond acceptors (Lipinski definition) is 3. The van der Waals surface area contributed by atoms with Crippen molar-refractivity contribution >= 4 is 39.0 Å². The fourth-order valence-electron chi connectivity index (χ4n) is 2.89. The molecule has 0 atom stereocenters. The van der Waals surface area contributed by atoms with E-state index in [1.807, 2.05) is 6.92 Å². The molecule has 1 N–H and O–H groups in total. The predicted molar refractivity (Wildman–Crippen MR) is 81.6 cm³/mol. The van der Waals surface area contributed by atoms with Gasteiger partial charge in [0.15, 0.2) is 14.6 Å². The van der Waals surface area contributed by atoms with E-state index in [2.05, 4.69) is 0 Å². The number of carboxylic acid groups (broad SMARTS) is 1. The summed E-state index contributed by atoms with van der Waals surface area (Å²) in [5.41, 5.74) is 0. The Kier molecular flexibility index (Phi) is 4.57. The zero-order valence-corrected chi connectivity index (χ0v) is 13.8. The van der Waals surface area contributed by atoms with Crippen LogP contribution in [0.25, 0.3) is 0 Å². The summed E-state index contributed by atoms with van der Waals surface area (Å²) in [6.45, 7) is 1.99. The third-order valence-corrected chi connectivity index (χ3v) is 7.15. The third kappa shape index (κ3) is 2.67. The number of rotatable bonds is 5. The molecule has 0 unspecified atom stereocenters. The van der Waals surface area contributed by atoms with Gasteiger partial charge in [0.1, 0.15) is 0 Å². The lowest BCUT2D eigenvalue weighted by Crippen LogP contribution is -2.56. The van der Waals surface area contributed by atoms with Gasteiger partial charge >= 0.3 is 5.97 Å². The summed E-state index contributed by atoms with van der Waals surface area (Å²) in [5, 5.41) is 9.68. The summed E-state index contributed by atoms with van der Waals surface area (Å²) < 4.78 is 23.8. The molecule has 1 saturated carbocycles. The first-order chi connectivity index (χ1) is 9.74. The molecule has 21 heavy (non-hydrogen) atoms.